The van der Waals surface area contributed by atoms with E-state index in [-0.39, 0.29) is 5.76 Å². The van der Waals surface area contributed by atoms with Gasteiger partial charge in [0.1, 0.15) is 0 Å². The molecule has 0 radical (unpaired) electrons. The van der Waals surface area contributed by atoms with Crippen LogP contribution in [0.5, 0.6) is 0 Å². The van der Waals surface area contributed by atoms with Crippen LogP contribution in [0.3, 0.4) is 0 Å². The Morgan fingerprint density at radius 2 is 2.32 bits per heavy atom. The van der Waals surface area contributed by atoms with Gasteiger partial charge in [0.2, 0.25) is 0 Å². The molecule has 0 atom stereocenters. The summed E-state index contributed by atoms with van der Waals surface area (Å²) in [6.45, 7) is 0.585. The Kier molecular flexibility index (Phi) is 3.08. The molecule has 1 aliphatic rings. The summed E-state index contributed by atoms with van der Waals surface area (Å²) in [4.78, 5) is 16.0. The molecule has 19 heavy (non-hydrogen) atoms. The second-order valence-corrected chi connectivity index (χ2v) is 4.72. The number of fused-ring (bicyclic) bond motifs is 1. The van der Waals surface area contributed by atoms with Gasteiger partial charge in [-0.05, 0) is 31.7 Å². The number of imidazole rings is 1. The second-order valence-electron chi connectivity index (χ2n) is 4.72. The van der Waals surface area contributed by atoms with E-state index in [1.54, 1.807) is 6.07 Å². The monoisotopic (exact) mass is 260 g/mol. The highest BCUT2D eigenvalue weighted by molar-refractivity contribution is 5.92. The number of aryl methyl sites for hydroxylation is 1. The summed E-state index contributed by atoms with van der Waals surface area (Å²) in [6.07, 6.45) is 7.84. The summed E-state index contributed by atoms with van der Waals surface area (Å²) in [7, 11) is 0. The average molecular weight is 260 g/mol. The van der Waals surface area contributed by atoms with Crippen molar-refractivity contribution in [3.63, 3.8) is 0 Å². The summed E-state index contributed by atoms with van der Waals surface area (Å²) in [6, 6.07) is 1.79. The number of hydrazine groups is 1. The van der Waals surface area contributed by atoms with Crippen molar-refractivity contribution >= 4 is 5.91 Å². The maximum atomic E-state index is 11.6. The van der Waals surface area contributed by atoms with E-state index in [1.807, 2.05) is 6.33 Å². The summed E-state index contributed by atoms with van der Waals surface area (Å²) in [5.74, 6) is 4.99. The Labute approximate surface area is 110 Å². The lowest BCUT2D eigenvalue weighted by Gasteiger charge is -2.13. The first-order valence-electron chi connectivity index (χ1n) is 6.40. The van der Waals surface area contributed by atoms with Crippen LogP contribution in [0.2, 0.25) is 0 Å². The molecule has 2 heterocycles. The Bertz CT molecular complexity index is 600. The van der Waals surface area contributed by atoms with Crippen molar-refractivity contribution in [3.05, 3.63) is 41.4 Å². The smallest absolute Gasteiger partial charge is 0.301 e. The third-order valence-electron chi connectivity index (χ3n) is 3.53. The lowest BCUT2D eigenvalue weighted by atomic mass is 10.0. The number of amides is 1. The molecule has 0 saturated carbocycles. The quantitative estimate of drug-likeness (QED) is 0.490. The van der Waals surface area contributed by atoms with Crippen molar-refractivity contribution in [2.75, 3.05) is 0 Å². The molecule has 0 unspecified atom stereocenters. The van der Waals surface area contributed by atoms with Gasteiger partial charge in [-0.3, -0.25) is 10.2 Å². The molecule has 0 bridgehead atoms. The molecule has 0 spiro atoms. The van der Waals surface area contributed by atoms with E-state index in [2.05, 4.69) is 15.0 Å². The van der Waals surface area contributed by atoms with Crippen molar-refractivity contribution < 1.29 is 9.21 Å². The fraction of sp³-hybridized carbons (Fsp3) is 0.385. The van der Waals surface area contributed by atoms with Crippen molar-refractivity contribution in [1.82, 2.24) is 15.0 Å². The summed E-state index contributed by atoms with van der Waals surface area (Å²) >= 11 is 0. The lowest BCUT2D eigenvalue weighted by molar-refractivity contribution is 0.0924. The zero-order valence-electron chi connectivity index (χ0n) is 10.6. The number of furan rings is 1. The van der Waals surface area contributed by atoms with E-state index < -0.39 is 5.91 Å². The van der Waals surface area contributed by atoms with Crippen LogP contribution in [-0.4, -0.2) is 15.5 Å². The molecule has 2 aromatic rings. The Morgan fingerprint density at radius 1 is 1.47 bits per heavy atom. The minimum Gasteiger partial charge on any atom is -0.459 e. The van der Waals surface area contributed by atoms with Crippen LogP contribution >= 0.6 is 0 Å². The number of nitrogens with two attached hydrogens (primary N) is 1. The minimum absolute atomic E-state index is 0.265. The van der Waals surface area contributed by atoms with Gasteiger partial charge in [0.25, 0.3) is 0 Å². The number of carbonyl (C=O) groups excluding carboxylic acids is 1. The molecule has 0 aromatic carbocycles. The largest absolute Gasteiger partial charge is 0.459 e. The first kappa shape index (κ1) is 12.0. The molecule has 100 valence electrons. The van der Waals surface area contributed by atoms with Crippen molar-refractivity contribution in [3.8, 4) is 0 Å². The maximum absolute atomic E-state index is 11.6. The molecule has 1 aliphatic carbocycles. The molecule has 3 rings (SSSR count). The van der Waals surface area contributed by atoms with Gasteiger partial charge in [0, 0.05) is 11.3 Å². The van der Waals surface area contributed by atoms with Crippen molar-refractivity contribution in [1.29, 1.82) is 0 Å². The molecule has 0 fully saturated rings. The molecule has 6 nitrogen and oxygen atoms in total. The fourth-order valence-corrected chi connectivity index (χ4v) is 2.58. The second kappa shape index (κ2) is 4.89. The van der Waals surface area contributed by atoms with E-state index in [1.165, 1.54) is 30.5 Å². The Balaban J connectivity index is 1.88. The first-order chi connectivity index (χ1) is 9.29. The van der Waals surface area contributed by atoms with E-state index in [4.69, 9.17) is 10.3 Å². The van der Waals surface area contributed by atoms with Crippen LogP contribution in [0.4, 0.5) is 0 Å². The van der Waals surface area contributed by atoms with Gasteiger partial charge in [0.15, 0.2) is 5.76 Å². The number of nitrogens with zero attached hydrogens (tertiary/aromatic N) is 2. The lowest BCUT2D eigenvalue weighted by Crippen LogP contribution is -2.30. The highest BCUT2D eigenvalue weighted by atomic mass is 16.3. The number of rotatable bonds is 3. The molecule has 1 amide bonds. The Morgan fingerprint density at radius 3 is 3.16 bits per heavy atom. The van der Waals surface area contributed by atoms with Gasteiger partial charge in [-0.25, -0.2) is 10.8 Å². The topological polar surface area (TPSA) is 86.1 Å². The predicted molar refractivity (Wildman–Crippen MR) is 68.3 cm³/mol. The molecular weight excluding hydrogens is 244 g/mol. The summed E-state index contributed by atoms with van der Waals surface area (Å²) in [5.41, 5.74) is 5.36. The number of carbonyl (C=O) groups is 1. The average Bonchev–Trinajstić information content (AvgIpc) is 3.06. The van der Waals surface area contributed by atoms with Crippen molar-refractivity contribution in [2.24, 2.45) is 5.84 Å². The van der Waals surface area contributed by atoms with Crippen LogP contribution in [0.1, 0.15) is 40.3 Å². The third kappa shape index (κ3) is 2.15. The molecule has 6 heteroatoms. The normalized spacial score (nSPS) is 14.2. The third-order valence-corrected chi connectivity index (χ3v) is 3.53. The number of hydrogen-bond acceptors (Lipinski definition) is 4. The number of nitrogen functional groups attached to an aromatic ring is 1. The predicted octanol–water partition coefficient (Wildman–Crippen LogP) is 1.01. The molecule has 0 saturated heterocycles. The standard InChI is InChI=1S/C13H16N4O2/c14-16-13(18)12-9(5-6-19-12)7-17-8-15-10-3-1-2-4-11(10)17/h5-6,8H,1-4,7,14H2,(H,16,18). The van der Waals surface area contributed by atoms with E-state index in [9.17, 15) is 4.79 Å². The van der Waals surface area contributed by atoms with Gasteiger partial charge in [-0.15, -0.1) is 0 Å². The van der Waals surface area contributed by atoms with Crippen LogP contribution in [-0.2, 0) is 19.4 Å². The van der Waals surface area contributed by atoms with Crippen LogP contribution in [0, 0.1) is 0 Å². The highest BCUT2D eigenvalue weighted by Gasteiger charge is 2.18. The van der Waals surface area contributed by atoms with Gasteiger partial charge < -0.3 is 8.98 Å². The van der Waals surface area contributed by atoms with E-state index in [0.717, 1.165) is 18.4 Å². The van der Waals surface area contributed by atoms with E-state index in [0.29, 0.717) is 6.54 Å². The van der Waals surface area contributed by atoms with Crippen LogP contribution < -0.4 is 11.3 Å². The molecule has 2 aromatic heterocycles. The van der Waals surface area contributed by atoms with Gasteiger partial charge >= 0.3 is 5.91 Å². The summed E-state index contributed by atoms with van der Waals surface area (Å²) in [5, 5.41) is 0. The zero-order chi connectivity index (χ0) is 13.2. The molecule has 0 aliphatic heterocycles. The van der Waals surface area contributed by atoms with Gasteiger partial charge in [-0.1, -0.05) is 0 Å². The van der Waals surface area contributed by atoms with Gasteiger partial charge in [-0.2, -0.15) is 0 Å². The zero-order valence-corrected chi connectivity index (χ0v) is 10.6. The highest BCUT2D eigenvalue weighted by Crippen LogP contribution is 2.21. The maximum Gasteiger partial charge on any atom is 0.301 e. The first-order valence-corrected chi connectivity index (χ1v) is 6.40. The van der Waals surface area contributed by atoms with Crippen LogP contribution in [0.25, 0.3) is 0 Å². The number of aromatic nitrogens is 2. The van der Waals surface area contributed by atoms with Crippen molar-refractivity contribution in [2.45, 2.75) is 32.2 Å². The Hall–Kier alpha value is -2.08. The van der Waals surface area contributed by atoms with E-state index >= 15 is 0 Å². The van der Waals surface area contributed by atoms with Crippen LogP contribution in [0.15, 0.2) is 23.1 Å². The summed E-state index contributed by atoms with van der Waals surface area (Å²) < 4.78 is 7.27. The minimum atomic E-state index is -0.408. The number of nitrogens with one attached hydrogen (secondary N) is 1. The fourth-order valence-electron chi connectivity index (χ4n) is 2.58. The van der Waals surface area contributed by atoms with Gasteiger partial charge in [0.05, 0.1) is 24.8 Å². The SMILES string of the molecule is NNC(=O)c1occc1Cn1cnc2c1CCCC2. The molecule has 3 N–H and O–H groups in total. The number of hydrogen-bond donors (Lipinski definition) is 2. The molecular formula is C13H16N4O2.